The van der Waals surface area contributed by atoms with Gasteiger partial charge in [0.1, 0.15) is 11.5 Å². The number of rotatable bonds is 6. The molecule has 146 valence electrons. The molecule has 0 aliphatic heterocycles. The number of unbranched alkanes of at least 4 members (excludes halogenated alkanes) is 1. The van der Waals surface area contributed by atoms with Gasteiger partial charge in [-0.05, 0) is 41.7 Å². The first-order valence-corrected chi connectivity index (χ1v) is 9.80. The maximum absolute atomic E-state index is 12.3. The van der Waals surface area contributed by atoms with Gasteiger partial charge in [0.05, 0.1) is 11.4 Å². The fourth-order valence-corrected chi connectivity index (χ4v) is 2.95. The lowest BCUT2D eigenvalue weighted by Crippen LogP contribution is -2.15. The van der Waals surface area contributed by atoms with Crippen LogP contribution in [0.5, 0.6) is 0 Å². The number of nitrogens with one attached hydrogen (secondary N) is 1. The average Bonchev–Trinajstić information content (AvgIpc) is 3.10. The smallest absolute Gasteiger partial charge is 0.225 e. The summed E-state index contributed by atoms with van der Waals surface area (Å²) in [5, 5.41) is 7.73. The molecule has 0 aliphatic rings. The second-order valence-electron chi connectivity index (χ2n) is 7.99. The monoisotopic (exact) mass is 376 g/mol. The standard InChI is InChI=1S/C23H28N4O/c1-5-6-10-22(28)25-21-16-20(19-9-7-8-15-24-19)26-27(21)18-13-11-17(12-14-18)23(2,3)4/h7-9,11-16H,5-6,10H2,1-4H3,(H,25,28). The predicted molar refractivity (Wildman–Crippen MR) is 114 cm³/mol. The number of hydrogen-bond donors (Lipinski definition) is 1. The summed E-state index contributed by atoms with van der Waals surface area (Å²) in [5.74, 6) is 0.659. The van der Waals surface area contributed by atoms with Crippen molar-refractivity contribution in [1.29, 1.82) is 0 Å². The van der Waals surface area contributed by atoms with Crippen molar-refractivity contribution in [2.24, 2.45) is 0 Å². The van der Waals surface area contributed by atoms with Gasteiger partial charge in [-0.1, -0.05) is 52.3 Å². The number of carbonyl (C=O) groups is 1. The Kier molecular flexibility index (Phi) is 5.93. The Morgan fingerprint density at radius 1 is 1.07 bits per heavy atom. The van der Waals surface area contributed by atoms with Crippen LogP contribution in [-0.2, 0) is 10.2 Å². The van der Waals surface area contributed by atoms with E-state index in [2.05, 4.69) is 50.1 Å². The van der Waals surface area contributed by atoms with E-state index in [1.54, 1.807) is 10.9 Å². The van der Waals surface area contributed by atoms with E-state index in [-0.39, 0.29) is 11.3 Å². The number of carbonyl (C=O) groups excluding carboxylic acids is 1. The highest BCUT2D eigenvalue weighted by molar-refractivity contribution is 5.90. The quantitative estimate of drug-likeness (QED) is 0.630. The lowest BCUT2D eigenvalue weighted by atomic mass is 9.87. The molecule has 0 saturated heterocycles. The first-order valence-electron chi connectivity index (χ1n) is 9.80. The molecule has 1 aromatic carbocycles. The molecular weight excluding hydrogens is 348 g/mol. The number of aromatic nitrogens is 3. The van der Waals surface area contributed by atoms with E-state index in [1.807, 2.05) is 36.4 Å². The molecular formula is C23H28N4O. The molecule has 3 aromatic rings. The summed E-state index contributed by atoms with van der Waals surface area (Å²) in [6, 6.07) is 15.9. The van der Waals surface area contributed by atoms with E-state index < -0.39 is 0 Å². The molecule has 0 fully saturated rings. The molecule has 0 saturated carbocycles. The fourth-order valence-electron chi connectivity index (χ4n) is 2.95. The van der Waals surface area contributed by atoms with Crippen LogP contribution in [0.15, 0.2) is 54.7 Å². The van der Waals surface area contributed by atoms with Crippen molar-refractivity contribution in [2.45, 2.75) is 52.4 Å². The summed E-state index contributed by atoms with van der Waals surface area (Å²) in [5.41, 5.74) is 3.74. The molecule has 1 N–H and O–H groups in total. The van der Waals surface area contributed by atoms with Crippen LogP contribution < -0.4 is 5.32 Å². The zero-order valence-corrected chi connectivity index (χ0v) is 17.1. The zero-order valence-electron chi connectivity index (χ0n) is 17.1. The fraction of sp³-hybridized carbons (Fsp3) is 0.348. The molecule has 28 heavy (non-hydrogen) atoms. The topological polar surface area (TPSA) is 59.8 Å². The Labute approximate surface area is 166 Å². The van der Waals surface area contributed by atoms with Crippen LogP contribution in [-0.4, -0.2) is 20.7 Å². The van der Waals surface area contributed by atoms with Crippen molar-refractivity contribution in [3.05, 3.63) is 60.3 Å². The number of benzene rings is 1. The Morgan fingerprint density at radius 3 is 2.43 bits per heavy atom. The number of amides is 1. The van der Waals surface area contributed by atoms with Gasteiger partial charge in [0.2, 0.25) is 5.91 Å². The zero-order chi connectivity index (χ0) is 20.1. The maximum atomic E-state index is 12.3. The van der Waals surface area contributed by atoms with Gasteiger partial charge in [0.15, 0.2) is 0 Å². The van der Waals surface area contributed by atoms with Crippen LogP contribution in [0.2, 0.25) is 0 Å². The van der Waals surface area contributed by atoms with Crippen LogP contribution in [0.1, 0.15) is 52.5 Å². The largest absolute Gasteiger partial charge is 0.311 e. The highest BCUT2D eigenvalue weighted by atomic mass is 16.1. The average molecular weight is 377 g/mol. The minimum absolute atomic E-state index is 0.00174. The summed E-state index contributed by atoms with van der Waals surface area (Å²) in [6.07, 6.45) is 4.10. The van der Waals surface area contributed by atoms with E-state index in [9.17, 15) is 4.79 Å². The van der Waals surface area contributed by atoms with Crippen molar-refractivity contribution < 1.29 is 4.79 Å². The third kappa shape index (κ3) is 4.66. The Morgan fingerprint density at radius 2 is 1.82 bits per heavy atom. The Bertz CT molecular complexity index is 921. The summed E-state index contributed by atoms with van der Waals surface area (Å²) in [7, 11) is 0. The number of pyridine rings is 1. The normalized spacial score (nSPS) is 11.4. The highest BCUT2D eigenvalue weighted by Crippen LogP contribution is 2.27. The molecule has 1 amide bonds. The maximum Gasteiger partial charge on any atom is 0.225 e. The molecule has 0 radical (unpaired) electrons. The summed E-state index contributed by atoms with van der Waals surface area (Å²) in [4.78, 5) is 16.7. The van der Waals surface area contributed by atoms with Gasteiger partial charge >= 0.3 is 0 Å². The van der Waals surface area contributed by atoms with E-state index in [1.165, 1.54) is 5.56 Å². The van der Waals surface area contributed by atoms with E-state index in [4.69, 9.17) is 5.10 Å². The van der Waals surface area contributed by atoms with Crippen molar-refractivity contribution in [2.75, 3.05) is 5.32 Å². The predicted octanol–water partition coefficient (Wildman–Crippen LogP) is 5.36. The molecule has 5 heteroatoms. The minimum atomic E-state index is 0.00174. The molecule has 0 unspecified atom stereocenters. The molecule has 0 bridgehead atoms. The van der Waals surface area contributed by atoms with Crippen LogP contribution >= 0.6 is 0 Å². The lowest BCUT2D eigenvalue weighted by Gasteiger charge is -2.19. The van der Waals surface area contributed by atoms with Gasteiger partial charge in [0, 0.05) is 18.7 Å². The minimum Gasteiger partial charge on any atom is -0.311 e. The van der Waals surface area contributed by atoms with Crippen molar-refractivity contribution in [1.82, 2.24) is 14.8 Å². The van der Waals surface area contributed by atoms with E-state index in [0.717, 1.165) is 29.9 Å². The summed E-state index contributed by atoms with van der Waals surface area (Å²) < 4.78 is 1.78. The summed E-state index contributed by atoms with van der Waals surface area (Å²) in [6.45, 7) is 8.64. The van der Waals surface area contributed by atoms with Crippen LogP contribution in [0.3, 0.4) is 0 Å². The summed E-state index contributed by atoms with van der Waals surface area (Å²) >= 11 is 0. The molecule has 0 aliphatic carbocycles. The second-order valence-corrected chi connectivity index (χ2v) is 7.99. The molecule has 0 spiro atoms. The molecule has 2 heterocycles. The van der Waals surface area contributed by atoms with Crippen molar-refractivity contribution >= 4 is 11.7 Å². The van der Waals surface area contributed by atoms with Gasteiger partial charge in [-0.25, -0.2) is 4.68 Å². The third-order valence-electron chi connectivity index (χ3n) is 4.64. The van der Waals surface area contributed by atoms with Crippen LogP contribution in [0.25, 0.3) is 17.1 Å². The van der Waals surface area contributed by atoms with E-state index in [0.29, 0.717) is 12.2 Å². The SMILES string of the molecule is CCCCC(=O)Nc1cc(-c2ccccn2)nn1-c1ccc(C(C)(C)C)cc1. The second kappa shape index (κ2) is 8.38. The van der Waals surface area contributed by atoms with Crippen molar-refractivity contribution in [3.63, 3.8) is 0 Å². The number of hydrogen-bond acceptors (Lipinski definition) is 3. The molecule has 0 atom stereocenters. The van der Waals surface area contributed by atoms with Gasteiger partial charge < -0.3 is 5.32 Å². The molecule has 3 rings (SSSR count). The van der Waals surface area contributed by atoms with Gasteiger partial charge in [-0.2, -0.15) is 5.10 Å². The number of nitrogens with zero attached hydrogens (tertiary/aromatic N) is 3. The lowest BCUT2D eigenvalue weighted by molar-refractivity contribution is -0.116. The van der Waals surface area contributed by atoms with Crippen LogP contribution in [0, 0.1) is 0 Å². The molecule has 5 nitrogen and oxygen atoms in total. The first-order chi connectivity index (χ1) is 13.4. The Balaban J connectivity index is 1.98. The third-order valence-corrected chi connectivity index (χ3v) is 4.64. The highest BCUT2D eigenvalue weighted by Gasteiger charge is 2.16. The first kappa shape index (κ1) is 19.8. The Hall–Kier alpha value is -2.95. The number of anilines is 1. The van der Waals surface area contributed by atoms with Crippen LogP contribution in [0.4, 0.5) is 5.82 Å². The van der Waals surface area contributed by atoms with Gasteiger partial charge in [-0.15, -0.1) is 0 Å². The van der Waals surface area contributed by atoms with E-state index >= 15 is 0 Å². The van der Waals surface area contributed by atoms with Gasteiger partial charge in [0.25, 0.3) is 0 Å². The van der Waals surface area contributed by atoms with Gasteiger partial charge in [-0.3, -0.25) is 9.78 Å². The van der Waals surface area contributed by atoms with Crippen molar-refractivity contribution in [3.8, 4) is 17.1 Å². The molecule has 2 aromatic heterocycles.